The monoisotopic (exact) mass is 143 g/mol. The molecule has 1 aromatic heterocycles. The Hall–Kier alpha value is -1.06. The molecular formula is C6H10FN3. The van der Waals surface area contributed by atoms with E-state index in [-0.39, 0.29) is 6.54 Å². The van der Waals surface area contributed by atoms with Crippen molar-refractivity contribution in [2.75, 3.05) is 12.4 Å². The molecule has 0 unspecified atom stereocenters. The number of hydrogen-bond acceptors (Lipinski definition) is 2. The molecule has 1 rings (SSSR count). The van der Waals surface area contributed by atoms with Gasteiger partial charge in [0.05, 0.1) is 17.9 Å². The number of aromatic nitrogens is 2. The van der Waals surface area contributed by atoms with Gasteiger partial charge < -0.3 is 5.73 Å². The van der Waals surface area contributed by atoms with Gasteiger partial charge in [-0.1, -0.05) is 0 Å². The van der Waals surface area contributed by atoms with Crippen molar-refractivity contribution >= 4 is 5.69 Å². The van der Waals surface area contributed by atoms with Crippen molar-refractivity contribution < 1.29 is 4.39 Å². The molecule has 2 N–H and O–H groups in total. The first-order chi connectivity index (χ1) is 4.74. The van der Waals surface area contributed by atoms with Crippen LogP contribution in [0, 0.1) is 6.92 Å². The molecule has 1 heterocycles. The van der Waals surface area contributed by atoms with Crippen LogP contribution in [0.3, 0.4) is 0 Å². The Kier molecular flexibility index (Phi) is 1.89. The van der Waals surface area contributed by atoms with E-state index in [4.69, 9.17) is 5.73 Å². The molecule has 56 valence electrons. The smallest absolute Gasteiger partial charge is 0.109 e. The molecule has 0 saturated carbocycles. The zero-order valence-electron chi connectivity index (χ0n) is 5.84. The quantitative estimate of drug-likeness (QED) is 0.663. The molecular weight excluding hydrogens is 133 g/mol. The molecule has 0 atom stereocenters. The zero-order valence-corrected chi connectivity index (χ0v) is 5.84. The van der Waals surface area contributed by atoms with Crippen molar-refractivity contribution in [3.63, 3.8) is 0 Å². The van der Waals surface area contributed by atoms with E-state index in [0.717, 1.165) is 5.69 Å². The van der Waals surface area contributed by atoms with Crippen LogP contribution in [0.4, 0.5) is 10.1 Å². The third-order valence-electron chi connectivity index (χ3n) is 1.30. The molecule has 0 aliphatic rings. The predicted octanol–water partition coefficient (Wildman–Crippen LogP) is 0.743. The van der Waals surface area contributed by atoms with E-state index in [1.807, 2.05) is 0 Å². The normalized spacial score (nSPS) is 10.2. The second-order valence-electron chi connectivity index (χ2n) is 2.12. The van der Waals surface area contributed by atoms with Crippen molar-refractivity contribution in [2.24, 2.45) is 0 Å². The minimum atomic E-state index is -0.402. The number of nitrogen functional groups attached to an aromatic ring is 1. The van der Waals surface area contributed by atoms with Gasteiger partial charge in [-0.05, 0) is 6.92 Å². The number of aryl methyl sites for hydroxylation is 2. The van der Waals surface area contributed by atoms with Gasteiger partial charge in [-0.2, -0.15) is 5.10 Å². The summed E-state index contributed by atoms with van der Waals surface area (Å²) in [5.41, 5.74) is 6.84. The van der Waals surface area contributed by atoms with Gasteiger partial charge in [0.2, 0.25) is 0 Å². The highest BCUT2D eigenvalue weighted by molar-refractivity contribution is 5.39. The van der Waals surface area contributed by atoms with Crippen molar-refractivity contribution in [1.82, 2.24) is 9.78 Å². The van der Waals surface area contributed by atoms with E-state index in [1.165, 1.54) is 4.68 Å². The van der Waals surface area contributed by atoms with E-state index < -0.39 is 6.67 Å². The van der Waals surface area contributed by atoms with Gasteiger partial charge >= 0.3 is 0 Å². The third-order valence-corrected chi connectivity index (χ3v) is 1.30. The SMILES string of the molecule is Cc1nn(CCF)cc1N. The maximum atomic E-state index is 11.7. The molecule has 0 aliphatic heterocycles. The van der Waals surface area contributed by atoms with Crippen molar-refractivity contribution in [1.29, 1.82) is 0 Å². The van der Waals surface area contributed by atoms with Crippen LogP contribution in [-0.4, -0.2) is 16.5 Å². The van der Waals surface area contributed by atoms with E-state index in [1.54, 1.807) is 13.1 Å². The molecule has 4 heteroatoms. The highest BCUT2D eigenvalue weighted by atomic mass is 19.1. The Bertz CT molecular complexity index is 199. The number of nitrogens with two attached hydrogens (primary N) is 1. The van der Waals surface area contributed by atoms with Gasteiger partial charge in [0.15, 0.2) is 0 Å². The number of rotatable bonds is 2. The molecule has 0 saturated heterocycles. The van der Waals surface area contributed by atoms with Gasteiger partial charge in [0.1, 0.15) is 6.67 Å². The first kappa shape index (κ1) is 7.05. The Morgan fingerprint density at radius 1 is 1.80 bits per heavy atom. The van der Waals surface area contributed by atoms with Crippen molar-refractivity contribution in [3.8, 4) is 0 Å². The van der Waals surface area contributed by atoms with E-state index in [0.29, 0.717) is 5.69 Å². The van der Waals surface area contributed by atoms with E-state index in [2.05, 4.69) is 5.10 Å². The summed E-state index contributed by atoms with van der Waals surface area (Å²) in [5.74, 6) is 0. The lowest BCUT2D eigenvalue weighted by molar-refractivity contribution is 0.426. The number of hydrogen-bond donors (Lipinski definition) is 1. The summed E-state index contributed by atoms with van der Waals surface area (Å²) >= 11 is 0. The Labute approximate surface area is 58.6 Å². The molecule has 0 fully saturated rings. The average Bonchev–Trinajstić information content (AvgIpc) is 2.14. The Morgan fingerprint density at radius 3 is 2.90 bits per heavy atom. The van der Waals surface area contributed by atoms with Gasteiger partial charge in [-0.3, -0.25) is 4.68 Å². The molecule has 0 amide bonds. The van der Waals surface area contributed by atoms with Crippen LogP contribution < -0.4 is 5.73 Å². The highest BCUT2D eigenvalue weighted by Gasteiger charge is 1.98. The van der Waals surface area contributed by atoms with Gasteiger partial charge in [0.25, 0.3) is 0 Å². The van der Waals surface area contributed by atoms with Crippen LogP contribution in [0.25, 0.3) is 0 Å². The summed E-state index contributed by atoms with van der Waals surface area (Å²) in [5, 5.41) is 3.95. The standard InChI is InChI=1S/C6H10FN3/c1-5-6(8)4-10(9-5)3-2-7/h4H,2-3,8H2,1H3. The summed E-state index contributed by atoms with van der Waals surface area (Å²) in [7, 11) is 0. The van der Waals surface area contributed by atoms with Crippen LogP contribution in [0.1, 0.15) is 5.69 Å². The lowest BCUT2D eigenvalue weighted by atomic mass is 10.4. The molecule has 0 spiro atoms. The Morgan fingerprint density at radius 2 is 2.50 bits per heavy atom. The van der Waals surface area contributed by atoms with Crippen LogP contribution in [0.15, 0.2) is 6.20 Å². The van der Waals surface area contributed by atoms with Crippen LogP contribution in [-0.2, 0) is 6.54 Å². The molecule has 0 aromatic carbocycles. The molecule has 0 aliphatic carbocycles. The summed E-state index contributed by atoms with van der Waals surface area (Å²) in [4.78, 5) is 0. The summed E-state index contributed by atoms with van der Waals surface area (Å²) < 4.78 is 13.2. The first-order valence-electron chi connectivity index (χ1n) is 3.09. The molecule has 0 bridgehead atoms. The lowest BCUT2D eigenvalue weighted by Gasteiger charge is -1.91. The first-order valence-corrected chi connectivity index (χ1v) is 3.09. The van der Waals surface area contributed by atoms with E-state index >= 15 is 0 Å². The maximum absolute atomic E-state index is 11.7. The summed E-state index contributed by atoms with van der Waals surface area (Å²) in [6, 6.07) is 0. The van der Waals surface area contributed by atoms with Crippen molar-refractivity contribution in [3.05, 3.63) is 11.9 Å². The fourth-order valence-electron chi connectivity index (χ4n) is 0.734. The second kappa shape index (κ2) is 2.68. The van der Waals surface area contributed by atoms with Gasteiger partial charge in [0, 0.05) is 6.20 Å². The number of halogens is 1. The largest absolute Gasteiger partial charge is 0.396 e. The highest BCUT2D eigenvalue weighted by Crippen LogP contribution is 2.05. The minimum absolute atomic E-state index is 0.290. The summed E-state index contributed by atoms with van der Waals surface area (Å²) in [6.07, 6.45) is 1.63. The second-order valence-corrected chi connectivity index (χ2v) is 2.12. The predicted molar refractivity (Wildman–Crippen MR) is 37.4 cm³/mol. The van der Waals surface area contributed by atoms with Gasteiger partial charge in [-0.15, -0.1) is 0 Å². The zero-order chi connectivity index (χ0) is 7.56. The number of anilines is 1. The van der Waals surface area contributed by atoms with Crippen molar-refractivity contribution in [2.45, 2.75) is 13.5 Å². The van der Waals surface area contributed by atoms with Crippen LogP contribution in [0.5, 0.6) is 0 Å². The summed E-state index contributed by atoms with van der Waals surface area (Å²) in [6.45, 7) is 1.68. The van der Waals surface area contributed by atoms with Crippen LogP contribution >= 0.6 is 0 Å². The number of nitrogens with zero attached hydrogens (tertiary/aromatic N) is 2. The molecule has 0 radical (unpaired) electrons. The fourth-order valence-corrected chi connectivity index (χ4v) is 0.734. The third kappa shape index (κ3) is 1.26. The topological polar surface area (TPSA) is 43.8 Å². The fraction of sp³-hybridized carbons (Fsp3) is 0.500. The van der Waals surface area contributed by atoms with E-state index in [9.17, 15) is 4.39 Å². The van der Waals surface area contributed by atoms with Gasteiger partial charge in [-0.25, -0.2) is 4.39 Å². The maximum Gasteiger partial charge on any atom is 0.109 e. The molecule has 3 nitrogen and oxygen atoms in total. The molecule has 10 heavy (non-hydrogen) atoms. The van der Waals surface area contributed by atoms with Crippen LogP contribution in [0.2, 0.25) is 0 Å². The average molecular weight is 143 g/mol. The molecule has 1 aromatic rings. The minimum Gasteiger partial charge on any atom is -0.396 e. The Balaban J connectivity index is 2.77. The number of alkyl halides is 1. The lowest BCUT2D eigenvalue weighted by Crippen LogP contribution is -1.99.